The molecule has 0 saturated heterocycles. The van der Waals surface area contributed by atoms with Crippen molar-refractivity contribution in [3.63, 3.8) is 0 Å². The lowest BCUT2D eigenvalue weighted by molar-refractivity contribution is -0.140. The molecule has 0 bridgehead atoms. The molecule has 4 heteroatoms. The number of carboxylic acid groups (broad SMARTS) is 1. The smallest absolute Gasteiger partial charge is 0.333 e. The molecule has 3 nitrogen and oxygen atoms in total. The molecule has 104 valence electrons. The van der Waals surface area contributed by atoms with Crippen molar-refractivity contribution in [3.05, 3.63) is 48.0 Å². The molecule has 2 aromatic carbocycles. The summed E-state index contributed by atoms with van der Waals surface area (Å²) in [5.74, 6) is -0.843. The third kappa shape index (κ3) is 2.14. The van der Waals surface area contributed by atoms with Crippen LogP contribution in [0.3, 0.4) is 0 Å². The molecule has 1 aliphatic heterocycles. The van der Waals surface area contributed by atoms with E-state index in [1.54, 1.807) is 6.08 Å². The lowest BCUT2D eigenvalue weighted by Gasteiger charge is -2.31. The Hall–Kier alpha value is -2.00. The molecule has 0 radical (unpaired) electrons. The number of halogens is 1. The summed E-state index contributed by atoms with van der Waals surface area (Å²) in [6, 6.07) is 12.2. The number of carbonyl (C=O) groups is 1. The summed E-state index contributed by atoms with van der Waals surface area (Å²) in [6.45, 7) is 1.87. The quantitative estimate of drug-likeness (QED) is 0.880. The second-order valence-corrected chi connectivity index (χ2v) is 4.88. The standard InChI is InChI=1S/C16H15NO2.ClH/c1-2-16(15(18)19)8-7-13-9-11-5-3-4-6-12(11)10-14(13)17-16;/h3-10,17H,2H2,1H3,(H,18,19);1H. The van der Waals surface area contributed by atoms with Crippen molar-refractivity contribution in [1.29, 1.82) is 0 Å². The molecule has 20 heavy (non-hydrogen) atoms. The Morgan fingerprint density at radius 2 is 1.90 bits per heavy atom. The molecule has 0 amide bonds. The van der Waals surface area contributed by atoms with E-state index in [1.807, 2.05) is 37.3 Å². The predicted octanol–water partition coefficient (Wildman–Crippen LogP) is 3.93. The highest BCUT2D eigenvalue weighted by molar-refractivity contribution is 5.96. The fourth-order valence-corrected chi connectivity index (χ4v) is 2.50. The van der Waals surface area contributed by atoms with Crippen LogP contribution in [0.5, 0.6) is 0 Å². The van der Waals surface area contributed by atoms with Gasteiger partial charge in [0.05, 0.1) is 0 Å². The lowest BCUT2D eigenvalue weighted by Crippen LogP contribution is -2.45. The minimum absolute atomic E-state index is 0. The van der Waals surface area contributed by atoms with E-state index in [4.69, 9.17) is 0 Å². The number of nitrogens with one attached hydrogen (secondary N) is 1. The zero-order valence-corrected chi connectivity index (χ0v) is 11.9. The van der Waals surface area contributed by atoms with Crippen LogP contribution < -0.4 is 5.32 Å². The molecule has 1 atom stereocenters. The Kier molecular flexibility index (Phi) is 3.73. The van der Waals surface area contributed by atoms with Crippen LogP contribution in [-0.4, -0.2) is 16.6 Å². The monoisotopic (exact) mass is 289 g/mol. The molecule has 1 unspecified atom stereocenters. The minimum Gasteiger partial charge on any atom is -0.479 e. The average Bonchev–Trinajstić information content (AvgIpc) is 2.44. The predicted molar refractivity (Wildman–Crippen MR) is 84.5 cm³/mol. The van der Waals surface area contributed by atoms with Gasteiger partial charge in [-0.2, -0.15) is 0 Å². The first-order valence-corrected chi connectivity index (χ1v) is 6.38. The average molecular weight is 290 g/mol. The number of hydrogen-bond donors (Lipinski definition) is 2. The largest absolute Gasteiger partial charge is 0.479 e. The van der Waals surface area contributed by atoms with Crippen LogP contribution in [0.1, 0.15) is 18.9 Å². The Morgan fingerprint density at radius 1 is 1.25 bits per heavy atom. The van der Waals surface area contributed by atoms with Gasteiger partial charge in [0.25, 0.3) is 0 Å². The highest BCUT2D eigenvalue weighted by Gasteiger charge is 2.36. The van der Waals surface area contributed by atoms with Gasteiger partial charge in [0, 0.05) is 5.69 Å². The highest BCUT2D eigenvalue weighted by atomic mass is 35.5. The molecular formula is C16H16ClNO2. The van der Waals surface area contributed by atoms with Crippen molar-refractivity contribution in [1.82, 2.24) is 0 Å². The molecule has 0 spiro atoms. The van der Waals surface area contributed by atoms with Gasteiger partial charge in [-0.25, -0.2) is 4.79 Å². The van der Waals surface area contributed by atoms with Gasteiger partial charge in [-0.15, -0.1) is 12.4 Å². The third-order valence-electron chi connectivity index (χ3n) is 3.76. The van der Waals surface area contributed by atoms with Crippen molar-refractivity contribution in [2.45, 2.75) is 18.9 Å². The van der Waals surface area contributed by atoms with Gasteiger partial charge in [-0.05, 0) is 41.0 Å². The van der Waals surface area contributed by atoms with Gasteiger partial charge in [-0.3, -0.25) is 0 Å². The van der Waals surface area contributed by atoms with E-state index in [9.17, 15) is 9.90 Å². The number of fused-ring (bicyclic) bond motifs is 2. The van der Waals surface area contributed by atoms with Crippen molar-refractivity contribution in [2.75, 3.05) is 5.32 Å². The molecular weight excluding hydrogens is 274 g/mol. The van der Waals surface area contributed by atoms with Gasteiger partial charge in [0.1, 0.15) is 0 Å². The van der Waals surface area contributed by atoms with Crippen molar-refractivity contribution in [3.8, 4) is 0 Å². The first-order valence-electron chi connectivity index (χ1n) is 6.38. The molecule has 1 heterocycles. The molecule has 3 rings (SSSR count). The zero-order chi connectivity index (χ0) is 13.5. The molecule has 0 aliphatic carbocycles. The maximum Gasteiger partial charge on any atom is 0.333 e. The molecule has 2 aromatic rings. The first kappa shape index (κ1) is 14.4. The van der Waals surface area contributed by atoms with Crippen molar-refractivity contribution in [2.24, 2.45) is 0 Å². The summed E-state index contributed by atoms with van der Waals surface area (Å²) in [4.78, 5) is 11.5. The van der Waals surface area contributed by atoms with E-state index < -0.39 is 11.5 Å². The lowest BCUT2D eigenvalue weighted by atomic mass is 9.89. The Morgan fingerprint density at radius 3 is 2.50 bits per heavy atom. The topological polar surface area (TPSA) is 49.3 Å². The van der Waals surface area contributed by atoms with E-state index in [-0.39, 0.29) is 12.4 Å². The summed E-state index contributed by atoms with van der Waals surface area (Å²) in [5, 5.41) is 14.8. The Balaban J connectivity index is 0.00000147. The second kappa shape index (κ2) is 5.17. The third-order valence-corrected chi connectivity index (χ3v) is 3.76. The van der Waals surface area contributed by atoms with Crippen LogP contribution in [0.15, 0.2) is 42.5 Å². The minimum atomic E-state index is -0.991. The van der Waals surface area contributed by atoms with Crippen LogP contribution in [0.2, 0.25) is 0 Å². The number of anilines is 1. The highest BCUT2D eigenvalue weighted by Crippen LogP contribution is 2.33. The first-order chi connectivity index (χ1) is 9.14. The van der Waals surface area contributed by atoms with Crippen LogP contribution in [0, 0.1) is 0 Å². The zero-order valence-electron chi connectivity index (χ0n) is 11.1. The van der Waals surface area contributed by atoms with E-state index in [1.165, 1.54) is 0 Å². The summed E-state index contributed by atoms with van der Waals surface area (Å²) < 4.78 is 0. The second-order valence-electron chi connectivity index (χ2n) is 4.88. The summed E-state index contributed by atoms with van der Waals surface area (Å²) in [5.41, 5.74) is 0.921. The van der Waals surface area contributed by atoms with Gasteiger partial charge in [0.15, 0.2) is 5.54 Å². The molecule has 0 saturated carbocycles. The van der Waals surface area contributed by atoms with Gasteiger partial charge >= 0.3 is 5.97 Å². The Bertz CT molecular complexity index is 696. The number of aliphatic carboxylic acids is 1. The maximum atomic E-state index is 11.5. The van der Waals surface area contributed by atoms with Crippen molar-refractivity contribution < 1.29 is 9.90 Å². The summed E-state index contributed by atoms with van der Waals surface area (Å²) in [7, 11) is 0. The van der Waals surface area contributed by atoms with Crippen LogP contribution in [0.25, 0.3) is 16.8 Å². The molecule has 0 aromatic heterocycles. The number of hydrogen-bond acceptors (Lipinski definition) is 2. The summed E-state index contributed by atoms with van der Waals surface area (Å²) in [6.07, 6.45) is 4.15. The van der Waals surface area contributed by atoms with Gasteiger partial charge in [0.2, 0.25) is 0 Å². The molecule has 2 N–H and O–H groups in total. The van der Waals surface area contributed by atoms with Gasteiger partial charge < -0.3 is 10.4 Å². The van der Waals surface area contributed by atoms with Crippen LogP contribution in [0.4, 0.5) is 5.69 Å². The Labute approximate surface area is 123 Å². The molecule has 1 aliphatic rings. The number of rotatable bonds is 2. The van der Waals surface area contributed by atoms with E-state index in [2.05, 4.69) is 17.4 Å². The van der Waals surface area contributed by atoms with Crippen molar-refractivity contribution >= 4 is 40.9 Å². The normalized spacial score (nSPS) is 19.9. The fraction of sp³-hybridized carbons (Fsp3) is 0.188. The molecule has 0 fully saturated rings. The van der Waals surface area contributed by atoms with Gasteiger partial charge in [-0.1, -0.05) is 37.3 Å². The fourth-order valence-electron chi connectivity index (χ4n) is 2.50. The number of benzene rings is 2. The summed E-state index contributed by atoms with van der Waals surface area (Å²) >= 11 is 0. The van der Waals surface area contributed by atoms with Crippen LogP contribution >= 0.6 is 12.4 Å². The van der Waals surface area contributed by atoms with E-state index >= 15 is 0 Å². The number of carboxylic acids is 1. The SMILES string of the molecule is CCC1(C(=O)O)C=Cc2cc3ccccc3cc2N1.Cl. The van der Waals surface area contributed by atoms with Crippen LogP contribution in [-0.2, 0) is 4.79 Å². The maximum absolute atomic E-state index is 11.5. The van der Waals surface area contributed by atoms with E-state index in [0.29, 0.717) is 6.42 Å². The van der Waals surface area contributed by atoms with E-state index in [0.717, 1.165) is 22.0 Å².